The van der Waals surface area contributed by atoms with E-state index in [2.05, 4.69) is 33.9 Å². The highest BCUT2D eigenvalue weighted by Gasteiger charge is 2.36. The molecule has 2 atom stereocenters. The van der Waals surface area contributed by atoms with Crippen LogP contribution in [0, 0.1) is 0 Å². The molecule has 0 radical (unpaired) electrons. The maximum Gasteiger partial charge on any atom is 0.326 e. The molecule has 9 heteroatoms. The first kappa shape index (κ1) is 21.5. The van der Waals surface area contributed by atoms with Gasteiger partial charge in [0.15, 0.2) is 0 Å². The van der Waals surface area contributed by atoms with Gasteiger partial charge in [-0.1, -0.05) is 37.3 Å². The average molecular weight is 443 g/mol. The van der Waals surface area contributed by atoms with Crippen LogP contribution in [0.5, 0.6) is 0 Å². The Morgan fingerprint density at radius 1 is 1.13 bits per heavy atom. The molecule has 0 aliphatic carbocycles. The van der Waals surface area contributed by atoms with Crippen molar-refractivity contribution in [3.05, 3.63) is 74.9 Å². The zero-order valence-electron chi connectivity index (χ0n) is 17.5. The lowest BCUT2D eigenvalue weighted by atomic mass is 10.1. The van der Waals surface area contributed by atoms with Crippen LogP contribution in [0.3, 0.4) is 0 Å². The van der Waals surface area contributed by atoms with E-state index in [-0.39, 0.29) is 22.4 Å². The molecule has 2 aromatic carbocycles. The van der Waals surface area contributed by atoms with E-state index >= 15 is 0 Å². The van der Waals surface area contributed by atoms with Gasteiger partial charge in [0.2, 0.25) is 10.0 Å². The Morgan fingerprint density at radius 3 is 2.58 bits per heavy atom. The minimum atomic E-state index is -3.80. The lowest BCUT2D eigenvalue weighted by molar-refractivity contribution is 0.239. The lowest BCUT2D eigenvalue weighted by Gasteiger charge is -2.29. The van der Waals surface area contributed by atoms with Crippen molar-refractivity contribution in [3.8, 4) is 0 Å². The molecule has 0 saturated carbocycles. The number of aromatic amines is 2. The number of likely N-dealkylation sites (N-methyl/N-ethyl adjacent to an activating group) is 1. The van der Waals surface area contributed by atoms with Gasteiger partial charge >= 0.3 is 5.69 Å². The van der Waals surface area contributed by atoms with Gasteiger partial charge < -0.3 is 4.98 Å². The number of fused-ring (bicyclic) bond motifs is 1. The maximum atomic E-state index is 13.4. The molecule has 1 aliphatic rings. The van der Waals surface area contributed by atoms with E-state index in [4.69, 9.17) is 0 Å². The number of nitrogens with zero attached hydrogens (tertiary/aromatic N) is 2. The summed E-state index contributed by atoms with van der Waals surface area (Å²) >= 11 is 0. The van der Waals surface area contributed by atoms with Crippen molar-refractivity contribution in [2.75, 3.05) is 19.6 Å². The fourth-order valence-corrected chi connectivity index (χ4v) is 6.04. The maximum absolute atomic E-state index is 13.4. The van der Waals surface area contributed by atoms with Crippen LogP contribution in [0.4, 0.5) is 0 Å². The lowest BCUT2D eigenvalue weighted by Crippen LogP contribution is -2.42. The van der Waals surface area contributed by atoms with Crippen molar-refractivity contribution in [1.29, 1.82) is 0 Å². The molecule has 2 heterocycles. The van der Waals surface area contributed by atoms with Gasteiger partial charge in [0.05, 0.1) is 15.8 Å². The first-order valence-electron chi connectivity index (χ1n) is 10.4. The first-order valence-corrected chi connectivity index (χ1v) is 11.8. The third-order valence-corrected chi connectivity index (χ3v) is 8.08. The molecule has 1 fully saturated rings. The van der Waals surface area contributed by atoms with Crippen LogP contribution in [0.15, 0.2) is 63.0 Å². The number of nitrogens with one attached hydrogen (secondary N) is 2. The zero-order valence-corrected chi connectivity index (χ0v) is 18.4. The number of benzene rings is 2. The smallest absolute Gasteiger partial charge is 0.307 e. The van der Waals surface area contributed by atoms with Gasteiger partial charge in [-0.3, -0.25) is 14.7 Å². The number of rotatable bonds is 6. The van der Waals surface area contributed by atoms with Crippen molar-refractivity contribution in [3.63, 3.8) is 0 Å². The van der Waals surface area contributed by atoms with E-state index in [1.807, 2.05) is 25.1 Å². The normalized spacial score (nSPS) is 18.6. The minimum Gasteiger partial charge on any atom is -0.307 e. The van der Waals surface area contributed by atoms with Gasteiger partial charge in [0.1, 0.15) is 0 Å². The van der Waals surface area contributed by atoms with Gasteiger partial charge in [-0.25, -0.2) is 13.2 Å². The van der Waals surface area contributed by atoms with E-state index in [0.29, 0.717) is 18.6 Å². The Morgan fingerprint density at radius 2 is 1.87 bits per heavy atom. The molecule has 1 aliphatic heterocycles. The van der Waals surface area contributed by atoms with E-state index < -0.39 is 21.3 Å². The van der Waals surface area contributed by atoms with Crippen LogP contribution in [0.1, 0.15) is 31.9 Å². The second kappa shape index (κ2) is 8.41. The highest BCUT2D eigenvalue weighted by Crippen LogP contribution is 2.29. The predicted molar refractivity (Wildman–Crippen MR) is 120 cm³/mol. The summed E-state index contributed by atoms with van der Waals surface area (Å²) in [6.45, 7) is 5.75. The molecule has 31 heavy (non-hydrogen) atoms. The van der Waals surface area contributed by atoms with Gasteiger partial charge in [0, 0.05) is 31.7 Å². The second-order valence-electron chi connectivity index (χ2n) is 7.85. The van der Waals surface area contributed by atoms with Crippen molar-refractivity contribution in [2.45, 2.75) is 37.2 Å². The molecule has 3 aromatic rings. The van der Waals surface area contributed by atoms with Gasteiger partial charge in [-0.15, -0.1) is 0 Å². The number of aromatic nitrogens is 2. The molecule has 0 amide bonds. The summed E-state index contributed by atoms with van der Waals surface area (Å²) in [7, 11) is -3.80. The van der Waals surface area contributed by atoms with Crippen LogP contribution >= 0.6 is 0 Å². The van der Waals surface area contributed by atoms with E-state index in [1.54, 1.807) is 0 Å². The topological polar surface area (TPSA) is 106 Å². The summed E-state index contributed by atoms with van der Waals surface area (Å²) in [6.07, 6.45) is 0.742. The summed E-state index contributed by atoms with van der Waals surface area (Å²) in [5, 5.41) is 0.141. The highest BCUT2D eigenvalue weighted by molar-refractivity contribution is 7.89. The zero-order chi connectivity index (χ0) is 22.2. The molecule has 2 unspecified atom stereocenters. The fourth-order valence-electron chi connectivity index (χ4n) is 4.36. The average Bonchev–Trinajstić information content (AvgIpc) is 3.23. The quantitative estimate of drug-likeness (QED) is 0.608. The number of sulfonamides is 1. The molecule has 8 nitrogen and oxygen atoms in total. The monoisotopic (exact) mass is 442 g/mol. The van der Waals surface area contributed by atoms with Gasteiger partial charge in [0.25, 0.3) is 5.56 Å². The third kappa shape index (κ3) is 4.08. The molecule has 164 valence electrons. The minimum absolute atomic E-state index is 0.0500. The summed E-state index contributed by atoms with van der Waals surface area (Å²) in [5.41, 5.74) is 0.278. The predicted octanol–water partition coefficient (Wildman–Crippen LogP) is 2.06. The Labute approximate surface area is 180 Å². The molecular formula is C22H26N4O4S. The van der Waals surface area contributed by atoms with Crippen LogP contribution < -0.4 is 11.2 Å². The van der Waals surface area contributed by atoms with E-state index in [1.165, 1.54) is 28.1 Å². The van der Waals surface area contributed by atoms with Crippen molar-refractivity contribution < 1.29 is 8.42 Å². The number of H-pyrrole nitrogens is 2. The Bertz CT molecular complexity index is 1300. The molecule has 1 saturated heterocycles. The van der Waals surface area contributed by atoms with Crippen molar-refractivity contribution in [1.82, 2.24) is 19.2 Å². The summed E-state index contributed by atoms with van der Waals surface area (Å²) < 4.78 is 28.4. The SMILES string of the molecule is CCN(C1CCN(C(C)c2ccccc2)C1)S(=O)(=O)c1ccc2[nH]c(=O)[nH]c(=O)c2c1. The number of hydrogen-bond donors (Lipinski definition) is 2. The summed E-state index contributed by atoms with van der Waals surface area (Å²) in [4.78, 5) is 30.6. The van der Waals surface area contributed by atoms with Crippen LogP contribution in [-0.2, 0) is 10.0 Å². The molecule has 1 aromatic heterocycles. The third-order valence-electron chi connectivity index (χ3n) is 6.06. The molecule has 0 bridgehead atoms. The van der Waals surface area contributed by atoms with Gasteiger partial charge in [-0.05, 0) is 37.1 Å². The van der Waals surface area contributed by atoms with E-state index in [9.17, 15) is 18.0 Å². The van der Waals surface area contributed by atoms with Crippen molar-refractivity contribution in [2.24, 2.45) is 0 Å². The van der Waals surface area contributed by atoms with Crippen molar-refractivity contribution >= 4 is 20.9 Å². The van der Waals surface area contributed by atoms with Crippen LogP contribution in [0.2, 0.25) is 0 Å². The fraction of sp³-hybridized carbons (Fsp3) is 0.364. The number of hydrogen-bond acceptors (Lipinski definition) is 5. The standard InChI is InChI=1S/C22H26N4O4S/c1-3-26(17-11-12-25(14-17)15(2)16-7-5-4-6-8-16)31(29,30)18-9-10-20-19(13-18)21(27)24-22(28)23-20/h4-10,13,15,17H,3,11-12,14H2,1-2H3,(H2,23,24,27,28). The van der Waals surface area contributed by atoms with Crippen LogP contribution in [0.25, 0.3) is 10.9 Å². The largest absolute Gasteiger partial charge is 0.326 e. The van der Waals surface area contributed by atoms with E-state index in [0.717, 1.165) is 13.0 Å². The molecular weight excluding hydrogens is 416 g/mol. The summed E-state index contributed by atoms with van der Waals surface area (Å²) in [5.74, 6) is 0. The van der Waals surface area contributed by atoms with Gasteiger partial charge in [-0.2, -0.15) is 4.31 Å². The second-order valence-corrected chi connectivity index (χ2v) is 9.74. The number of likely N-dealkylation sites (tertiary alicyclic amines) is 1. The molecule has 4 rings (SSSR count). The molecule has 0 spiro atoms. The summed E-state index contributed by atoms with van der Waals surface area (Å²) in [6, 6.07) is 14.5. The molecule has 2 N–H and O–H groups in total. The first-order chi connectivity index (χ1) is 14.8. The Balaban J connectivity index is 1.61. The highest BCUT2D eigenvalue weighted by atomic mass is 32.2. The Kier molecular flexibility index (Phi) is 5.83. The van der Waals surface area contributed by atoms with Crippen LogP contribution in [-0.4, -0.2) is 53.3 Å². The Hall–Kier alpha value is -2.75.